The average Bonchev–Trinajstić information content (AvgIpc) is 2.85. The van der Waals surface area contributed by atoms with Gasteiger partial charge in [-0.05, 0) is 49.2 Å². The molecule has 0 aliphatic rings. The highest BCUT2D eigenvalue weighted by Gasteiger charge is 2.13. The van der Waals surface area contributed by atoms with Crippen LogP contribution in [0.3, 0.4) is 0 Å². The van der Waals surface area contributed by atoms with E-state index in [1.165, 1.54) is 12.1 Å². The van der Waals surface area contributed by atoms with Gasteiger partial charge < -0.3 is 14.8 Å². The molecule has 0 atom stereocenters. The van der Waals surface area contributed by atoms with Crippen LogP contribution in [-0.2, 0) is 23.9 Å². The van der Waals surface area contributed by atoms with Gasteiger partial charge in [0.25, 0.3) is 11.8 Å². The van der Waals surface area contributed by atoms with Gasteiger partial charge in [0.2, 0.25) is 5.91 Å². The van der Waals surface area contributed by atoms with E-state index in [1.54, 1.807) is 36.4 Å². The number of ether oxygens (including phenoxy) is 2. The second-order valence-corrected chi connectivity index (χ2v) is 7.67. The fraction of sp³-hybridized carbons (Fsp3) is 0.292. The fourth-order valence-electron chi connectivity index (χ4n) is 2.68. The van der Waals surface area contributed by atoms with Gasteiger partial charge in [0.1, 0.15) is 0 Å². The van der Waals surface area contributed by atoms with Crippen molar-refractivity contribution >= 4 is 46.9 Å². The number of anilines is 1. The molecular weight excluding hydrogens is 478 g/mol. The van der Waals surface area contributed by atoms with Gasteiger partial charge in [0.15, 0.2) is 6.61 Å². The number of hydrogen-bond acceptors (Lipinski definition) is 7. The smallest absolute Gasteiger partial charge is 0.338 e. The Hall–Kier alpha value is -3.92. The molecule has 3 N–H and O–H groups in total. The number of carbonyl (C=O) groups is 5. The van der Waals surface area contributed by atoms with E-state index < -0.39 is 30.4 Å². The first-order chi connectivity index (χ1) is 16.8. The highest BCUT2D eigenvalue weighted by molar-refractivity contribution is 6.33. The van der Waals surface area contributed by atoms with E-state index in [2.05, 4.69) is 16.2 Å². The van der Waals surface area contributed by atoms with E-state index in [0.717, 1.165) is 6.42 Å². The van der Waals surface area contributed by atoms with E-state index in [0.29, 0.717) is 17.9 Å². The van der Waals surface area contributed by atoms with Crippen LogP contribution >= 0.6 is 11.6 Å². The van der Waals surface area contributed by atoms with Crippen molar-refractivity contribution < 1.29 is 33.4 Å². The minimum Gasteiger partial charge on any atom is -0.462 e. The summed E-state index contributed by atoms with van der Waals surface area (Å²) in [6.45, 7) is 1.64. The molecule has 35 heavy (non-hydrogen) atoms. The fourth-order valence-corrected chi connectivity index (χ4v) is 2.90. The van der Waals surface area contributed by atoms with Gasteiger partial charge >= 0.3 is 11.9 Å². The molecular formula is C24H26ClN3O7. The predicted octanol–water partition coefficient (Wildman–Crippen LogP) is 3.02. The van der Waals surface area contributed by atoms with E-state index >= 15 is 0 Å². The number of halogens is 1. The predicted molar refractivity (Wildman–Crippen MR) is 128 cm³/mol. The molecule has 2 aromatic rings. The van der Waals surface area contributed by atoms with Crippen LogP contribution < -0.4 is 16.2 Å². The van der Waals surface area contributed by atoms with Crippen molar-refractivity contribution in [2.45, 2.75) is 32.6 Å². The van der Waals surface area contributed by atoms with Gasteiger partial charge in [0, 0.05) is 18.5 Å². The summed E-state index contributed by atoms with van der Waals surface area (Å²) in [7, 11) is 0. The van der Waals surface area contributed by atoms with Gasteiger partial charge in [-0.1, -0.05) is 30.7 Å². The third-order valence-corrected chi connectivity index (χ3v) is 4.75. The first kappa shape index (κ1) is 27.3. The summed E-state index contributed by atoms with van der Waals surface area (Å²) in [6.07, 6.45) is 0.907. The molecule has 0 saturated heterocycles. The van der Waals surface area contributed by atoms with Gasteiger partial charge in [-0.25, -0.2) is 4.79 Å². The van der Waals surface area contributed by atoms with Gasteiger partial charge in [-0.15, -0.1) is 0 Å². The maximum atomic E-state index is 12.0. The highest BCUT2D eigenvalue weighted by atomic mass is 35.5. The number of carbonyl (C=O) groups excluding carboxylic acids is 5. The van der Waals surface area contributed by atoms with Gasteiger partial charge in [0.05, 0.1) is 22.8 Å². The normalized spacial score (nSPS) is 10.1. The lowest BCUT2D eigenvalue weighted by Gasteiger charge is -2.09. The quantitative estimate of drug-likeness (QED) is 0.316. The molecule has 10 nitrogen and oxygen atoms in total. The maximum Gasteiger partial charge on any atom is 0.338 e. The van der Waals surface area contributed by atoms with Crippen LogP contribution in [0.4, 0.5) is 5.69 Å². The van der Waals surface area contributed by atoms with Crippen molar-refractivity contribution in [1.29, 1.82) is 0 Å². The molecule has 11 heteroatoms. The zero-order valence-corrected chi connectivity index (χ0v) is 19.9. The molecule has 2 rings (SSSR count). The summed E-state index contributed by atoms with van der Waals surface area (Å²) in [5.74, 6) is -2.77. The molecule has 186 valence electrons. The van der Waals surface area contributed by atoms with Crippen LogP contribution in [0.5, 0.6) is 0 Å². The van der Waals surface area contributed by atoms with Crippen molar-refractivity contribution in [3.63, 3.8) is 0 Å². The van der Waals surface area contributed by atoms with Gasteiger partial charge in [-0.3, -0.25) is 30.0 Å². The lowest BCUT2D eigenvalue weighted by atomic mass is 10.2. The Kier molecular flexibility index (Phi) is 11.2. The van der Waals surface area contributed by atoms with Crippen molar-refractivity contribution in [2.24, 2.45) is 0 Å². The topological polar surface area (TPSA) is 140 Å². The molecule has 0 saturated carbocycles. The monoisotopic (exact) mass is 503 g/mol. The van der Waals surface area contributed by atoms with Crippen LogP contribution in [0.1, 0.15) is 53.3 Å². The maximum absolute atomic E-state index is 12.0. The van der Waals surface area contributed by atoms with Crippen LogP contribution in [0.15, 0.2) is 48.5 Å². The molecule has 2 aromatic carbocycles. The second-order valence-electron chi connectivity index (χ2n) is 7.26. The highest BCUT2D eigenvalue weighted by Crippen LogP contribution is 2.14. The van der Waals surface area contributed by atoms with E-state index in [4.69, 9.17) is 21.1 Å². The van der Waals surface area contributed by atoms with E-state index in [1.807, 2.05) is 6.92 Å². The molecule has 0 fully saturated rings. The van der Waals surface area contributed by atoms with Gasteiger partial charge in [-0.2, -0.15) is 0 Å². The number of benzene rings is 2. The van der Waals surface area contributed by atoms with E-state index in [9.17, 15) is 24.0 Å². The third-order valence-electron chi connectivity index (χ3n) is 4.42. The number of nitrogens with one attached hydrogen (secondary N) is 3. The Morgan fingerprint density at radius 3 is 2.26 bits per heavy atom. The van der Waals surface area contributed by atoms with Crippen LogP contribution in [0, 0.1) is 0 Å². The number of amides is 3. The molecule has 0 aliphatic carbocycles. The first-order valence-electron chi connectivity index (χ1n) is 10.9. The van der Waals surface area contributed by atoms with Crippen LogP contribution in [0.25, 0.3) is 0 Å². The van der Waals surface area contributed by atoms with Crippen LogP contribution in [0.2, 0.25) is 5.02 Å². The van der Waals surface area contributed by atoms with Crippen molar-refractivity contribution in [2.75, 3.05) is 18.5 Å². The molecule has 0 aromatic heterocycles. The summed E-state index contributed by atoms with van der Waals surface area (Å²) >= 11 is 5.90. The molecule has 0 aliphatic heterocycles. The molecule has 0 spiro atoms. The number of hydrogen-bond donors (Lipinski definition) is 3. The summed E-state index contributed by atoms with van der Waals surface area (Å²) in [4.78, 5) is 59.3. The van der Waals surface area contributed by atoms with Crippen molar-refractivity contribution in [1.82, 2.24) is 10.9 Å². The zero-order chi connectivity index (χ0) is 25.6. The molecule has 3 amide bonds. The lowest BCUT2D eigenvalue weighted by molar-refractivity contribution is -0.148. The third kappa shape index (κ3) is 9.85. The Bertz CT molecular complexity index is 1060. The van der Waals surface area contributed by atoms with Crippen molar-refractivity contribution in [3.05, 3.63) is 64.7 Å². The second kappa shape index (κ2) is 14.4. The minimum atomic E-state index is -0.737. The Balaban J connectivity index is 1.62. The summed E-state index contributed by atoms with van der Waals surface area (Å²) in [5, 5.41) is 2.88. The zero-order valence-electron chi connectivity index (χ0n) is 19.1. The molecule has 0 bridgehead atoms. The van der Waals surface area contributed by atoms with E-state index in [-0.39, 0.29) is 35.8 Å². The van der Waals surface area contributed by atoms with Crippen LogP contribution in [-0.4, -0.2) is 42.9 Å². The Morgan fingerprint density at radius 1 is 0.857 bits per heavy atom. The first-order valence-corrected chi connectivity index (χ1v) is 11.2. The lowest BCUT2D eigenvalue weighted by Crippen LogP contribution is -2.43. The molecule has 0 radical (unpaired) electrons. The standard InChI is InChI=1S/C24H26ClN3O7/c1-2-14-34-24(33)16-10-12-17(13-11-16)26-20(29)8-5-9-22(31)35-15-21(30)27-28-23(32)18-6-3-4-7-19(18)25/h3-4,6-7,10-13H,2,5,8-9,14-15H2,1H3,(H,26,29)(H,27,30)(H,28,32). The SMILES string of the molecule is CCCOC(=O)c1ccc(NC(=O)CCCC(=O)OCC(=O)NNC(=O)c2ccccc2Cl)cc1. The molecule has 0 heterocycles. The van der Waals surface area contributed by atoms with Crippen molar-refractivity contribution in [3.8, 4) is 0 Å². The molecule has 0 unspecified atom stereocenters. The summed E-state index contributed by atoms with van der Waals surface area (Å²) in [6, 6.07) is 12.6. The Morgan fingerprint density at radius 2 is 1.57 bits per heavy atom. The average molecular weight is 504 g/mol. The summed E-state index contributed by atoms with van der Waals surface area (Å²) in [5.41, 5.74) is 5.35. The largest absolute Gasteiger partial charge is 0.462 e. The number of rotatable bonds is 11. The Labute approximate surface area is 207 Å². The number of hydrazine groups is 1. The number of esters is 2. The minimum absolute atomic E-state index is 0.0511. The summed E-state index contributed by atoms with van der Waals surface area (Å²) < 4.78 is 9.86.